The fourth-order valence-corrected chi connectivity index (χ4v) is 4.32. The number of esters is 1. The Kier molecular flexibility index (Phi) is 7.50. The van der Waals surface area contributed by atoms with Gasteiger partial charge in [-0.3, -0.25) is 4.79 Å². The molecule has 1 atom stereocenters. The number of amides is 1. The summed E-state index contributed by atoms with van der Waals surface area (Å²) >= 11 is 1.40. The molecule has 0 saturated heterocycles. The van der Waals surface area contributed by atoms with Crippen LogP contribution >= 0.6 is 11.8 Å². The molecule has 0 bridgehead atoms. The van der Waals surface area contributed by atoms with E-state index in [1.54, 1.807) is 31.0 Å². The molecule has 9 heteroatoms. The number of methoxy groups -OCH3 is 1. The molecule has 0 aromatic heterocycles. The van der Waals surface area contributed by atoms with Gasteiger partial charge in [-0.05, 0) is 37.0 Å². The standard InChI is InChI=1S/C22H26FN3O4S/c1-5-25(3)18(27)12-17-13-31-22-24-14(2)19(21(28)30-11-10-29-4)20(26(17)22)15-6-8-16(23)9-7-15/h6-9,13,20H,5,10-12H2,1-4H3. The molecule has 0 fully saturated rings. The number of rotatable bonds is 8. The van der Waals surface area contributed by atoms with E-state index >= 15 is 0 Å². The van der Waals surface area contributed by atoms with Gasteiger partial charge in [0.2, 0.25) is 5.91 Å². The lowest BCUT2D eigenvalue weighted by molar-refractivity contribution is -0.141. The van der Waals surface area contributed by atoms with Crippen LogP contribution in [-0.4, -0.2) is 60.8 Å². The Morgan fingerprint density at radius 2 is 1.97 bits per heavy atom. The first-order valence-corrected chi connectivity index (χ1v) is 10.8. The number of carbonyl (C=O) groups excluding carboxylic acids is 2. The fraction of sp³-hybridized carbons (Fsp3) is 0.409. The number of halogens is 1. The van der Waals surface area contributed by atoms with E-state index in [4.69, 9.17) is 9.47 Å². The monoisotopic (exact) mass is 447 g/mol. The average molecular weight is 448 g/mol. The largest absolute Gasteiger partial charge is 0.460 e. The molecule has 0 N–H and O–H groups in total. The highest BCUT2D eigenvalue weighted by Crippen LogP contribution is 2.44. The maximum atomic E-state index is 13.6. The van der Waals surface area contributed by atoms with Crippen molar-refractivity contribution in [2.45, 2.75) is 26.3 Å². The summed E-state index contributed by atoms with van der Waals surface area (Å²) in [6, 6.07) is 5.40. The van der Waals surface area contributed by atoms with Crippen molar-refractivity contribution in [3.05, 3.63) is 58.0 Å². The lowest BCUT2D eigenvalue weighted by Gasteiger charge is -2.36. The van der Waals surface area contributed by atoms with Crippen LogP contribution in [0.4, 0.5) is 4.39 Å². The van der Waals surface area contributed by atoms with Crippen molar-refractivity contribution in [3.63, 3.8) is 0 Å². The van der Waals surface area contributed by atoms with Gasteiger partial charge in [-0.2, -0.15) is 0 Å². The van der Waals surface area contributed by atoms with Gasteiger partial charge in [0.25, 0.3) is 0 Å². The zero-order valence-corrected chi connectivity index (χ0v) is 18.9. The zero-order chi connectivity index (χ0) is 22.5. The van der Waals surface area contributed by atoms with Gasteiger partial charge in [0, 0.05) is 26.4 Å². The summed E-state index contributed by atoms with van der Waals surface area (Å²) in [5, 5.41) is 2.55. The highest BCUT2D eigenvalue weighted by atomic mass is 32.2. The molecule has 0 aliphatic carbocycles. The summed E-state index contributed by atoms with van der Waals surface area (Å²) in [4.78, 5) is 33.7. The van der Waals surface area contributed by atoms with Crippen molar-refractivity contribution in [1.82, 2.24) is 9.80 Å². The predicted octanol–water partition coefficient (Wildman–Crippen LogP) is 3.46. The highest BCUT2D eigenvalue weighted by molar-refractivity contribution is 8.16. The Bertz CT molecular complexity index is 943. The molecule has 1 amide bonds. The minimum Gasteiger partial charge on any atom is -0.460 e. The summed E-state index contributed by atoms with van der Waals surface area (Å²) in [5.74, 6) is -0.923. The minimum atomic E-state index is -0.580. The normalized spacial score (nSPS) is 17.8. The number of ether oxygens (including phenoxy) is 2. The van der Waals surface area contributed by atoms with Crippen LogP contribution < -0.4 is 0 Å². The van der Waals surface area contributed by atoms with Gasteiger partial charge in [-0.25, -0.2) is 14.2 Å². The highest BCUT2D eigenvalue weighted by Gasteiger charge is 2.41. The molecular formula is C22H26FN3O4S. The summed E-state index contributed by atoms with van der Waals surface area (Å²) in [6.45, 7) is 4.64. The number of nitrogens with zero attached hydrogens (tertiary/aromatic N) is 3. The summed E-state index contributed by atoms with van der Waals surface area (Å²) in [5.41, 5.74) is 2.33. The van der Waals surface area contributed by atoms with Gasteiger partial charge in [0.15, 0.2) is 5.17 Å². The fourth-order valence-electron chi connectivity index (χ4n) is 3.35. The number of fused-ring (bicyclic) bond motifs is 1. The molecule has 0 spiro atoms. The van der Waals surface area contributed by atoms with Gasteiger partial charge in [-0.1, -0.05) is 23.9 Å². The van der Waals surface area contributed by atoms with Crippen molar-refractivity contribution in [2.75, 3.05) is 33.9 Å². The molecule has 1 aromatic carbocycles. The summed E-state index contributed by atoms with van der Waals surface area (Å²) < 4.78 is 24.0. The van der Waals surface area contributed by atoms with Gasteiger partial charge >= 0.3 is 5.97 Å². The Labute approximate surface area is 185 Å². The molecule has 2 aliphatic heterocycles. The molecule has 2 heterocycles. The van der Waals surface area contributed by atoms with Crippen LogP contribution in [0, 0.1) is 5.82 Å². The number of carbonyl (C=O) groups is 2. The third kappa shape index (κ3) is 4.99. The number of amidine groups is 1. The second-order valence-electron chi connectivity index (χ2n) is 7.16. The van der Waals surface area contributed by atoms with Crippen molar-refractivity contribution in [2.24, 2.45) is 4.99 Å². The van der Waals surface area contributed by atoms with E-state index in [9.17, 15) is 14.0 Å². The van der Waals surface area contributed by atoms with Gasteiger partial charge in [0.05, 0.1) is 30.3 Å². The van der Waals surface area contributed by atoms with Crippen LogP contribution in [0.3, 0.4) is 0 Å². The Morgan fingerprint density at radius 3 is 2.61 bits per heavy atom. The molecule has 3 rings (SSSR count). The van der Waals surface area contributed by atoms with Crippen LogP contribution in [0.25, 0.3) is 0 Å². The molecule has 0 radical (unpaired) electrons. The summed E-state index contributed by atoms with van der Waals surface area (Å²) in [7, 11) is 3.27. The van der Waals surface area contributed by atoms with E-state index in [0.717, 1.165) is 5.70 Å². The van der Waals surface area contributed by atoms with E-state index < -0.39 is 12.0 Å². The van der Waals surface area contributed by atoms with E-state index in [2.05, 4.69) is 4.99 Å². The first-order valence-electron chi connectivity index (χ1n) is 9.97. The van der Waals surface area contributed by atoms with E-state index in [-0.39, 0.29) is 31.4 Å². The van der Waals surface area contributed by atoms with E-state index in [0.29, 0.717) is 28.5 Å². The molecule has 1 aromatic rings. The van der Waals surface area contributed by atoms with Crippen LogP contribution in [0.1, 0.15) is 31.9 Å². The van der Waals surface area contributed by atoms with Gasteiger partial charge in [0.1, 0.15) is 12.4 Å². The lowest BCUT2D eigenvalue weighted by Crippen LogP contribution is -2.38. The second-order valence-corrected chi connectivity index (χ2v) is 7.99. The second kappa shape index (κ2) is 10.1. The minimum absolute atomic E-state index is 0.0380. The van der Waals surface area contributed by atoms with Crippen molar-refractivity contribution in [3.8, 4) is 0 Å². The lowest BCUT2D eigenvalue weighted by atomic mass is 9.94. The Hall–Kier alpha value is -2.65. The Balaban J connectivity index is 2.00. The molecular weight excluding hydrogens is 421 g/mol. The van der Waals surface area contributed by atoms with Gasteiger partial charge in [-0.15, -0.1) is 0 Å². The topological polar surface area (TPSA) is 71.4 Å². The maximum Gasteiger partial charge on any atom is 0.338 e. The van der Waals surface area contributed by atoms with Crippen molar-refractivity contribution in [1.29, 1.82) is 0 Å². The van der Waals surface area contributed by atoms with E-state index in [1.807, 2.05) is 17.2 Å². The zero-order valence-electron chi connectivity index (χ0n) is 18.1. The third-order valence-corrected chi connectivity index (χ3v) is 6.05. The molecule has 0 saturated carbocycles. The molecule has 2 aliphatic rings. The first-order chi connectivity index (χ1) is 14.9. The van der Waals surface area contributed by atoms with E-state index in [1.165, 1.54) is 31.0 Å². The van der Waals surface area contributed by atoms with Crippen LogP contribution in [-0.2, 0) is 19.1 Å². The molecule has 7 nitrogen and oxygen atoms in total. The molecule has 166 valence electrons. The number of allylic oxidation sites excluding steroid dienone is 1. The van der Waals surface area contributed by atoms with Crippen LogP contribution in [0.5, 0.6) is 0 Å². The number of hydrogen-bond donors (Lipinski definition) is 0. The summed E-state index contributed by atoms with van der Waals surface area (Å²) in [6.07, 6.45) is 0.166. The maximum absolute atomic E-state index is 13.6. The average Bonchev–Trinajstić information content (AvgIpc) is 3.14. The quantitative estimate of drug-likeness (QED) is 0.449. The molecule has 31 heavy (non-hydrogen) atoms. The molecule has 1 unspecified atom stereocenters. The van der Waals surface area contributed by atoms with Crippen molar-refractivity contribution < 1.29 is 23.5 Å². The smallest absolute Gasteiger partial charge is 0.338 e. The SMILES string of the molecule is CCN(C)C(=O)CC1=CSC2=NC(C)=C(C(=O)OCCOC)C(c3ccc(F)cc3)N12. The predicted molar refractivity (Wildman–Crippen MR) is 118 cm³/mol. The Morgan fingerprint density at radius 1 is 1.26 bits per heavy atom. The van der Waals surface area contributed by atoms with Crippen molar-refractivity contribution >= 4 is 28.8 Å². The van der Waals surface area contributed by atoms with Crippen LogP contribution in [0.15, 0.2) is 51.6 Å². The number of thioether (sulfide) groups is 1. The first kappa shape index (κ1) is 23.0. The third-order valence-electron chi connectivity index (χ3n) is 5.16. The van der Waals surface area contributed by atoms with Crippen LogP contribution in [0.2, 0.25) is 0 Å². The number of hydrogen-bond acceptors (Lipinski definition) is 7. The van der Waals surface area contributed by atoms with Gasteiger partial charge < -0.3 is 19.3 Å². The number of benzene rings is 1. The number of aliphatic imine (C=N–C) groups is 1.